The quantitative estimate of drug-likeness (QED) is 0.889. The van der Waals surface area contributed by atoms with Gasteiger partial charge < -0.3 is 10.6 Å². The molecule has 0 saturated heterocycles. The summed E-state index contributed by atoms with van der Waals surface area (Å²) in [6.07, 6.45) is 4.16. The van der Waals surface area contributed by atoms with Crippen LogP contribution in [0, 0.1) is 11.6 Å². The third kappa shape index (κ3) is 3.71. The van der Waals surface area contributed by atoms with Crippen LogP contribution in [0.4, 0.5) is 20.3 Å². The van der Waals surface area contributed by atoms with Crippen LogP contribution in [-0.2, 0) is 0 Å². The summed E-state index contributed by atoms with van der Waals surface area (Å²) in [5, 5.41) is 5.30. The van der Waals surface area contributed by atoms with Crippen LogP contribution in [0.25, 0.3) is 0 Å². The van der Waals surface area contributed by atoms with E-state index in [2.05, 4.69) is 20.6 Å². The van der Waals surface area contributed by atoms with Gasteiger partial charge in [0.2, 0.25) is 0 Å². The summed E-state index contributed by atoms with van der Waals surface area (Å²) < 4.78 is 26.8. The molecule has 2 aromatic rings. The van der Waals surface area contributed by atoms with Crippen LogP contribution in [0.3, 0.4) is 0 Å². The zero-order valence-corrected chi connectivity index (χ0v) is 11.4. The summed E-state index contributed by atoms with van der Waals surface area (Å²) in [7, 11) is 0. The lowest BCUT2D eigenvalue weighted by atomic mass is 10.2. The van der Waals surface area contributed by atoms with Crippen LogP contribution in [0.5, 0.6) is 0 Å². The molecular weight excluding hydrogens is 278 g/mol. The van der Waals surface area contributed by atoms with Gasteiger partial charge in [-0.25, -0.2) is 13.8 Å². The first kappa shape index (κ1) is 14.8. The van der Waals surface area contributed by atoms with Crippen molar-refractivity contribution in [3.63, 3.8) is 0 Å². The highest BCUT2D eigenvalue weighted by atomic mass is 19.1. The van der Waals surface area contributed by atoms with E-state index in [0.717, 1.165) is 24.9 Å². The molecule has 110 valence electrons. The van der Waals surface area contributed by atoms with E-state index in [4.69, 9.17) is 0 Å². The lowest BCUT2D eigenvalue weighted by Crippen LogP contribution is -2.17. The van der Waals surface area contributed by atoms with Gasteiger partial charge in [0.1, 0.15) is 11.6 Å². The number of hydrogen-bond acceptors (Lipinski definition) is 4. The minimum Gasteiger partial charge on any atom is -0.369 e. The van der Waals surface area contributed by atoms with Crippen LogP contribution in [0.1, 0.15) is 23.7 Å². The molecule has 2 rings (SSSR count). The van der Waals surface area contributed by atoms with E-state index in [-0.39, 0.29) is 17.1 Å². The molecule has 1 amide bonds. The Morgan fingerprint density at radius 2 is 2.14 bits per heavy atom. The van der Waals surface area contributed by atoms with Gasteiger partial charge in [0.05, 0.1) is 23.6 Å². The fraction of sp³-hybridized carbons (Fsp3) is 0.214. The first-order chi connectivity index (χ1) is 10.1. The number of anilines is 2. The molecule has 0 bridgehead atoms. The topological polar surface area (TPSA) is 66.9 Å². The molecule has 0 saturated carbocycles. The molecular formula is C14H14F2N4O. The summed E-state index contributed by atoms with van der Waals surface area (Å²) >= 11 is 0. The minimum absolute atomic E-state index is 0.0136. The number of halogens is 2. The second-order valence-corrected chi connectivity index (χ2v) is 4.29. The normalized spacial score (nSPS) is 10.2. The zero-order chi connectivity index (χ0) is 15.2. The Balaban J connectivity index is 2.25. The number of amides is 1. The number of nitrogens with one attached hydrogen (secondary N) is 2. The van der Waals surface area contributed by atoms with Crippen LogP contribution >= 0.6 is 0 Å². The Morgan fingerprint density at radius 1 is 1.33 bits per heavy atom. The lowest BCUT2D eigenvalue weighted by Gasteiger charge is -2.11. The first-order valence-corrected chi connectivity index (χ1v) is 6.42. The molecule has 0 aliphatic carbocycles. The predicted octanol–water partition coefficient (Wildman–Crippen LogP) is 2.83. The molecule has 0 fully saturated rings. The zero-order valence-electron chi connectivity index (χ0n) is 11.4. The molecule has 0 spiro atoms. The maximum atomic E-state index is 13.5. The molecule has 0 radical (unpaired) electrons. The monoisotopic (exact) mass is 292 g/mol. The summed E-state index contributed by atoms with van der Waals surface area (Å²) in [5.41, 5.74) is -0.0136. The Hall–Kier alpha value is -2.57. The highest BCUT2D eigenvalue weighted by Crippen LogP contribution is 2.17. The van der Waals surface area contributed by atoms with Crippen LogP contribution in [-0.4, -0.2) is 22.4 Å². The number of rotatable bonds is 5. The van der Waals surface area contributed by atoms with Crippen LogP contribution in [0.2, 0.25) is 0 Å². The van der Waals surface area contributed by atoms with Gasteiger partial charge in [-0.2, -0.15) is 0 Å². The molecule has 0 aliphatic rings. The molecule has 0 aliphatic heterocycles. The van der Waals surface area contributed by atoms with Crippen molar-refractivity contribution in [3.05, 3.63) is 47.9 Å². The van der Waals surface area contributed by atoms with Crippen molar-refractivity contribution < 1.29 is 13.6 Å². The van der Waals surface area contributed by atoms with Gasteiger partial charge in [-0.1, -0.05) is 6.92 Å². The fourth-order valence-corrected chi connectivity index (χ4v) is 1.66. The van der Waals surface area contributed by atoms with E-state index in [1.807, 2.05) is 6.92 Å². The SMILES string of the molecule is CCCNc1ncc(F)cc1C(=O)Nc1ccncc1F. The van der Waals surface area contributed by atoms with Gasteiger partial charge in [0, 0.05) is 12.7 Å². The van der Waals surface area contributed by atoms with Crippen molar-refractivity contribution >= 4 is 17.4 Å². The van der Waals surface area contributed by atoms with Gasteiger partial charge in [0.25, 0.3) is 5.91 Å². The highest BCUT2D eigenvalue weighted by molar-refractivity contribution is 6.07. The number of carbonyl (C=O) groups is 1. The Kier molecular flexibility index (Phi) is 4.76. The predicted molar refractivity (Wildman–Crippen MR) is 75.1 cm³/mol. The standard InChI is InChI=1S/C14H14F2N4O/c1-2-4-18-13-10(6-9(15)7-19-13)14(21)20-12-3-5-17-8-11(12)16/h3,5-8H,2,4H2,1H3,(H,18,19)(H,17,20,21). The average molecular weight is 292 g/mol. The fourth-order valence-electron chi connectivity index (χ4n) is 1.66. The van der Waals surface area contributed by atoms with Crippen molar-refractivity contribution in [2.45, 2.75) is 13.3 Å². The molecule has 0 aromatic carbocycles. The molecule has 5 nitrogen and oxygen atoms in total. The van der Waals surface area contributed by atoms with Gasteiger partial charge >= 0.3 is 0 Å². The summed E-state index contributed by atoms with van der Waals surface area (Å²) in [4.78, 5) is 19.6. The van der Waals surface area contributed by atoms with Crippen LogP contribution < -0.4 is 10.6 Å². The second kappa shape index (κ2) is 6.74. The van der Waals surface area contributed by atoms with Crippen molar-refractivity contribution in [2.24, 2.45) is 0 Å². The molecule has 7 heteroatoms. The van der Waals surface area contributed by atoms with E-state index in [0.29, 0.717) is 6.54 Å². The maximum Gasteiger partial charge on any atom is 0.259 e. The third-order valence-electron chi connectivity index (χ3n) is 2.66. The summed E-state index contributed by atoms with van der Waals surface area (Å²) in [6, 6.07) is 2.37. The van der Waals surface area contributed by atoms with Gasteiger partial charge in [0.15, 0.2) is 5.82 Å². The lowest BCUT2D eigenvalue weighted by molar-refractivity contribution is 0.102. The molecule has 21 heavy (non-hydrogen) atoms. The van der Waals surface area contributed by atoms with Gasteiger partial charge in [-0.3, -0.25) is 9.78 Å². The molecule has 0 unspecified atom stereocenters. The molecule has 2 aromatic heterocycles. The van der Waals surface area contributed by atoms with Gasteiger partial charge in [-0.15, -0.1) is 0 Å². The number of nitrogens with zero attached hydrogens (tertiary/aromatic N) is 2. The Bertz CT molecular complexity index is 649. The summed E-state index contributed by atoms with van der Waals surface area (Å²) in [5.74, 6) is -1.70. The Labute approximate surface area is 120 Å². The largest absolute Gasteiger partial charge is 0.369 e. The van der Waals surface area contributed by atoms with Gasteiger partial charge in [-0.05, 0) is 18.6 Å². The molecule has 2 N–H and O–H groups in total. The van der Waals surface area contributed by atoms with E-state index in [1.54, 1.807) is 0 Å². The van der Waals surface area contributed by atoms with E-state index in [9.17, 15) is 13.6 Å². The maximum absolute atomic E-state index is 13.5. The number of aromatic nitrogens is 2. The Morgan fingerprint density at radius 3 is 2.86 bits per heavy atom. The van der Waals surface area contributed by atoms with E-state index in [1.165, 1.54) is 12.3 Å². The van der Waals surface area contributed by atoms with Crippen molar-refractivity contribution in [3.8, 4) is 0 Å². The number of carbonyl (C=O) groups excluding carboxylic acids is 1. The number of pyridine rings is 2. The van der Waals surface area contributed by atoms with Crippen LogP contribution in [0.15, 0.2) is 30.7 Å². The van der Waals surface area contributed by atoms with E-state index < -0.39 is 17.5 Å². The third-order valence-corrected chi connectivity index (χ3v) is 2.66. The molecule has 0 atom stereocenters. The summed E-state index contributed by atoms with van der Waals surface area (Å²) in [6.45, 7) is 2.53. The van der Waals surface area contributed by atoms with Crippen molar-refractivity contribution in [1.82, 2.24) is 9.97 Å². The van der Waals surface area contributed by atoms with E-state index >= 15 is 0 Å². The van der Waals surface area contributed by atoms with Crippen molar-refractivity contribution in [2.75, 3.05) is 17.2 Å². The smallest absolute Gasteiger partial charge is 0.259 e. The van der Waals surface area contributed by atoms with Crippen molar-refractivity contribution in [1.29, 1.82) is 0 Å². The number of hydrogen-bond donors (Lipinski definition) is 2. The highest BCUT2D eigenvalue weighted by Gasteiger charge is 2.15. The average Bonchev–Trinajstić information content (AvgIpc) is 2.48. The molecule has 2 heterocycles. The second-order valence-electron chi connectivity index (χ2n) is 4.29. The minimum atomic E-state index is -0.668. The first-order valence-electron chi connectivity index (χ1n) is 6.42.